The first-order chi connectivity index (χ1) is 12.2. The van der Waals surface area contributed by atoms with Crippen molar-refractivity contribution in [3.63, 3.8) is 0 Å². The van der Waals surface area contributed by atoms with Crippen LogP contribution in [0, 0.1) is 0 Å². The molecule has 0 radical (unpaired) electrons. The van der Waals surface area contributed by atoms with Gasteiger partial charge in [0.15, 0.2) is 22.5 Å². The van der Waals surface area contributed by atoms with Crippen molar-refractivity contribution < 1.29 is 19.1 Å². The molecule has 2 aromatic carbocycles. The summed E-state index contributed by atoms with van der Waals surface area (Å²) in [5.41, 5.74) is 2.29. The summed E-state index contributed by atoms with van der Waals surface area (Å²) in [7, 11) is 3.67. The zero-order valence-corrected chi connectivity index (χ0v) is 15.0. The lowest BCUT2D eigenvalue weighted by molar-refractivity contribution is -0.653. The molecule has 0 fully saturated rings. The number of aromatic nitrogens is 2. The monoisotopic (exact) mass is 341 g/mol. The molecular formula is C20H25N2O3+. The molecule has 0 bridgehead atoms. The van der Waals surface area contributed by atoms with Crippen LogP contribution in [0.2, 0.25) is 0 Å². The predicted octanol–water partition coefficient (Wildman–Crippen LogP) is 2.48. The number of aliphatic hydroxyl groups is 1. The first kappa shape index (κ1) is 17.3. The standard InChI is InChI=1S/C20H25N2O3/c1-4-20-21(2)16-9-5-6-10-17(16)22(20)13-15(23)14-25-19-12-8-7-11-18(19)24-3/h5-12,15,23H,4,13-14H2,1-3H3/q+1. The minimum absolute atomic E-state index is 0.208. The van der Waals surface area contributed by atoms with Gasteiger partial charge in [0.1, 0.15) is 19.3 Å². The number of aryl methyl sites for hydroxylation is 1. The van der Waals surface area contributed by atoms with Gasteiger partial charge in [0.25, 0.3) is 5.82 Å². The zero-order chi connectivity index (χ0) is 17.8. The molecule has 0 spiro atoms. The second kappa shape index (κ2) is 7.57. The van der Waals surface area contributed by atoms with Crippen LogP contribution in [-0.4, -0.2) is 29.5 Å². The second-order valence-corrected chi connectivity index (χ2v) is 6.04. The van der Waals surface area contributed by atoms with Crippen LogP contribution in [0.15, 0.2) is 48.5 Å². The fourth-order valence-electron chi connectivity index (χ4n) is 3.25. The van der Waals surface area contributed by atoms with Crippen LogP contribution < -0.4 is 14.0 Å². The van der Waals surface area contributed by atoms with Crippen molar-refractivity contribution in [1.29, 1.82) is 0 Å². The topological polar surface area (TPSA) is 47.5 Å². The highest BCUT2D eigenvalue weighted by Crippen LogP contribution is 2.26. The highest BCUT2D eigenvalue weighted by atomic mass is 16.5. The lowest BCUT2D eigenvalue weighted by atomic mass is 10.3. The summed E-state index contributed by atoms with van der Waals surface area (Å²) >= 11 is 0. The quantitative estimate of drug-likeness (QED) is 0.672. The molecule has 0 amide bonds. The summed E-state index contributed by atoms with van der Waals surface area (Å²) in [4.78, 5) is 0. The van der Waals surface area contributed by atoms with E-state index >= 15 is 0 Å². The van der Waals surface area contributed by atoms with Crippen LogP contribution in [0.3, 0.4) is 0 Å². The van der Waals surface area contributed by atoms with E-state index in [0.717, 1.165) is 17.5 Å². The lowest BCUT2D eigenvalue weighted by Crippen LogP contribution is -2.34. The third-order valence-electron chi connectivity index (χ3n) is 4.44. The van der Waals surface area contributed by atoms with Crippen molar-refractivity contribution in [3.05, 3.63) is 54.4 Å². The summed E-state index contributed by atoms with van der Waals surface area (Å²) in [6.07, 6.45) is 0.275. The largest absolute Gasteiger partial charge is 0.493 e. The number of benzene rings is 2. The van der Waals surface area contributed by atoms with E-state index in [4.69, 9.17) is 9.47 Å². The van der Waals surface area contributed by atoms with Gasteiger partial charge in [-0.1, -0.05) is 31.2 Å². The summed E-state index contributed by atoms with van der Waals surface area (Å²) in [5, 5.41) is 10.5. The van der Waals surface area contributed by atoms with Gasteiger partial charge in [-0.3, -0.25) is 0 Å². The van der Waals surface area contributed by atoms with Crippen molar-refractivity contribution >= 4 is 11.0 Å². The van der Waals surface area contributed by atoms with Crippen molar-refractivity contribution in [3.8, 4) is 11.5 Å². The molecule has 3 aromatic rings. The van der Waals surface area contributed by atoms with E-state index in [1.165, 1.54) is 5.82 Å². The maximum Gasteiger partial charge on any atom is 0.256 e. The number of para-hydroxylation sites is 4. The van der Waals surface area contributed by atoms with E-state index in [0.29, 0.717) is 18.0 Å². The molecule has 3 rings (SSSR count). The summed E-state index contributed by atoms with van der Waals surface area (Å²) in [6, 6.07) is 15.7. The Labute approximate surface area is 148 Å². The zero-order valence-electron chi connectivity index (χ0n) is 15.0. The minimum atomic E-state index is -0.619. The molecule has 25 heavy (non-hydrogen) atoms. The average Bonchev–Trinajstić information content (AvgIpc) is 2.92. The maximum absolute atomic E-state index is 10.5. The molecule has 1 N–H and O–H groups in total. The molecule has 1 aromatic heterocycles. The molecule has 1 atom stereocenters. The van der Waals surface area contributed by atoms with Crippen molar-refractivity contribution in [2.24, 2.45) is 7.05 Å². The van der Waals surface area contributed by atoms with E-state index in [1.807, 2.05) is 36.4 Å². The Morgan fingerprint density at radius 3 is 2.48 bits per heavy atom. The molecule has 0 aliphatic carbocycles. The number of aliphatic hydroxyl groups excluding tert-OH is 1. The third-order valence-corrected chi connectivity index (χ3v) is 4.44. The molecule has 5 nitrogen and oxygen atoms in total. The number of imidazole rings is 1. The Balaban J connectivity index is 1.77. The Bertz CT molecular complexity index is 857. The molecule has 5 heteroatoms. The average molecular weight is 341 g/mol. The highest BCUT2D eigenvalue weighted by Gasteiger charge is 2.23. The van der Waals surface area contributed by atoms with Crippen molar-refractivity contribution in [2.45, 2.75) is 26.0 Å². The van der Waals surface area contributed by atoms with E-state index in [2.05, 4.69) is 35.2 Å². The highest BCUT2D eigenvalue weighted by molar-refractivity contribution is 5.72. The third kappa shape index (κ3) is 3.46. The molecule has 0 saturated heterocycles. The van der Waals surface area contributed by atoms with E-state index < -0.39 is 6.10 Å². The molecule has 132 valence electrons. The fraction of sp³-hybridized carbons (Fsp3) is 0.350. The number of methoxy groups -OCH3 is 1. The van der Waals surface area contributed by atoms with Gasteiger partial charge in [0, 0.05) is 6.42 Å². The van der Waals surface area contributed by atoms with Gasteiger partial charge in [-0.05, 0) is 24.3 Å². The van der Waals surface area contributed by atoms with Gasteiger partial charge in [-0.25, -0.2) is 9.13 Å². The first-order valence-electron chi connectivity index (χ1n) is 8.55. The second-order valence-electron chi connectivity index (χ2n) is 6.04. The van der Waals surface area contributed by atoms with Crippen LogP contribution in [0.5, 0.6) is 11.5 Å². The van der Waals surface area contributed by atoms with Gasteiger partial charge < -0.3 is 14.6 Å². The summed E-state index contributed by atoms with van der Waals surface area (Å²) in [5.74, 6) is 2.49. The summed E-state index contributed by atoms with van der Waals surface area (Å²) in [6.45, 7) is 2.82. The minimum Gasteiger partial charge on any atom is -0.493 e. The molecular weight excluding hydrogens is 316 g/mol. The first-order valence-corrected chi connectivity index (χ1v) is 8.55. The van der Waals surface area contributed by atoms with Crippen LogP contribution in [0.1, 0.15) is 12.7 Å². The molecule has 1 unspecified atom stereocenters. The van der Waals surface area contributed by atoms with E-state index in [-0.39, 0.29) is 6.61 Å². The van der Waals surface area contributed by atoms with Crippen LogP contribution in [0.25, 0.3) is 11.0 Å². The molecule has 1 heterocycles. The summed E-state index contributed by atoms with van der Waals surface area (Å²) < 4.78 is 15.4. The van der Waals surface area contributed by atoms with Crippen LogP contribution >= 0.6 is 0 Å². The number of rotatable bonds is 7. The Morgan fingerprint density at radius 2 is 1.76 bits per heavy atom. The SMILES string of the molecule is CCc1n(CC(O)COc2ccccc2OC)c2ccccc2[n+]1C. The van der Waals surface area contributed by atoms with Crippen LogP contribution in [-0.2, 0) is 20.0 Å². The van der Waals surface area contributed by atoms with Gasteiger partial charge in [0.05, 0.1) is 14.2 Å². The van der Waals surface area contributed by atoms with Gasteiger partial charge in [-0.2, -0.15) is 0 Å². The maximum atomic E-state index is 10.5. The van der Waals surface area contributed by atoms with E-state index in [1.54, 1.807) is 7.11 Å². The van der Waals surface area contributed by atoms with Gasteiger partial charge in [-0.15, -0.1) is 0 Å². The Hall–Kier alpha value is -2.53. The number of fused-ring (bicyclic) bond motifs is 1. The Kier molecular flexibility index (Phi) is 5.24. The lowest BCUT2D eigenvalue weighted by Gasteiger charge is -2.14. The van der Waals surface area contributed by atoms with Gasteiger partial charge in [0.2, 0.25) is 0 Å². The molecule has 0 saturated carbocycles. The van der Waals surface area contributed by atoms with E-state index in [9.17, 15) is 5.11 Å². The number of hydrogen-bond acceptors (Lipinski definition) is 3. The molecule has 0 aliphatic heterocycles. The number of hydrogen-bond donors (Lipinski definition) is 1. The molecule has 0 aliphatic rings. The fourth-order valence-corrected chi connectivity index (χ4v) is 3.25. The number of nitrogens with zero attached hydrogens (tertiary/aromatic N) is 2. The normalized spacial score (nSPS) is 12.3. The van der Waals surface area contributed by atoms with Gasteiger partial charge >= 0.3 is 0 Å². The van der Waals surface area contributed by atoms with Crippen molar-refractivity contribution in [1.82, 2.24) is 4.57 Å². The number of ether oxygens (including phenoxy) is 2. The Morgan fingerprint density at radius 1 is 1.08 bits per heavy atom. The van der Waals surface area contributed by atoms with Crippen LogP contribution in [0.4, 0.5) is 0 Å². The predicted molar refractivity (Wildman–Crippen MR) is 97.0 cm³/mol. The smallest absolute Gasteiger partial charge is 0.256 e. The van der Waals surface area contributed by atoms with Crippen molar-refractivity contribution in [2.75, 3.05) is 13.7 Å².